The van der Waals surface area contributed by atoms with Crippen LogP contribution in [0.15, 0.2) is 47.4 Å². The van der Waals surface area contributed by atoms with Crippen LogP contribution < -0.4 is 16.2 Å². The summed E-state index contributed by atoms with van der Waals surface area (Å²) in [6, 6.07) is 10.6. The van der Waals surface area contributed by atoms with Crippen molar-refractivity contribution in [1.29, 1.82) is 0 Å². The lowest BCUT2D eigenvalue weighted by molar-refractivity contribution is 0.0688. The van der Waals surface area contributed by atoms with E-state index in [1.54, 1.807) is 0 Å². The van der Waals surface area contributed by atoms with E-state index >= 15 is 0 Å². The number of nitrogens with zero attached hydrogens (tertiary/aromatic N) is 1. The van der Waals surface area contributed by atoms with E-state index in [9.17, 15) is 9.18 Å². The van der Waals surface area contributed by atoms with Crippen LogP contribution in [0.2, 0.25) is 10.0 Å². The van der Waals surface area contributed by atoms with Crippen LogP contribution >= 0.6 is 23.2 Å². The predicted octanol–water partition coefficient (Wildman–Crippen LogP) is 5.10. The second-order valence-corrected chi connectivity index (χ2v) is 9.31. The van der Waals surface area contributed by atoms with Gasteiger partial charge >= 0.3 is 0 Å². The largest absolute Gasteiger partial charge is 0.381 e. The highest BCUT2D eigenvalue weighted by Gasteiger charge is 2.40. The topological polar surface area (TPSA) is 55.3 Å². The van der Waals surface area contributed by atoms with Crippen molar-refractivity contribution in [1.82, 2.24) is 9.88 Å². The Balaban J connectivity index is 1.56. The van der Waals surface area contributed by atoms with Gasteiger partial charge in [-0.1, -0.05) is 29.3 Å². The van der Waals surface area contributed by atoms with Crippen molar-refractivity contribution >= 4 is 39.7 Å². The van der Waals surface area contributed by atoms with E-state index < -0.39 is 11.4 Å². The Bertz CT molecular complexity index is 1220. The number of hydrogen-bond acceptors (Lipinski definition) is 4. The van der Waals surface area contributed by atoms with Crippen molar-refractivity contribution in [3.63, 3.8) is 0 Å². The zero-order valence-electron chi connectivity index (χ0n) is 17.5. The molecule has 8 heteroatoms. The van der Waals surface area contributed by atoms with Crippen molar-refractivity contribution < 1.29 is 9.13 Å². The molecule has 5 rings (SSSR count). The lowest BCUT2D eigenvalue weighted by Crippen LogP contribution is -2.39. The average molecular weight is 476 g/mol. The molecule has 0 aliphatic carbocycles. The van der Waals surface area contributed by atoms with Crippen molar-refractivity contribution in [3.05, 3.63) is 74.4 Å². The van der Waals surface area contributed by atoms with E-state index in [0.29, 0.717) is 48.7 Å². The zero-order valence-corrected chi connectivity index (χ0v) is 19.0. The molecule has 3 aromatic rings. The fourth-order valence-electron chi connectivity index (χ4n) is 4.90. The van der Waals surface area contributed by atoms with Crippen LogP contribution in [0.3, 0.4) is 0 Å². The van der Waals surface area contributed by atoms with E-state index in [-0.39, 0.29) is 16.6 Å². The summed E-state index contributed by atoms with van der Waals surface area (Å²) in [5.74, 6) is -0.404. The lowest BCUT2D eigenvalue weighted by Gasteiger charge is -2.33. The third-order valence-corrected chi connectivity index (χ3v) is 7.38. The van der Waals surface area contributed by atoms with Gasteiger partial charge in [-0.15, -0.1) is 0 Å². The molecule has 0 radical (unpaired) electrons. The number of ether oxygens (including phenoxy) is 1. The summed E-state index contributed by atoms with van der Waals surface area (Å²) in [7, 11) is 0. The SMILES string of the molecule is O=c1c2cc(N[C@]3(c4c(F)ccc(Cl)c4Cl)CCNC3)ccc2ccn1C1CCOCC1. The molecule has 0 saturated carbocycles. The molecule has 2 aliphatic heterocycles. The molecule has 32 heavy (non-hydrogen) atoms. The first kappa shape index (κ1) is 21.7. The first-order valence-electron chi connectivity index (χ1n) is 10.8. The minimum atomic E-state index is -0.770. The van der Waals surface area contributed by atoms with Crippen LogP contribution in [0.5, 0.6) is 0 Å². The molecular formula is C24H24Cl2FN3O2. The first-order valence-corrected chi connectivity index (χ1v) is 11.6. The zero-order chi connectivity index (χ0) is 22.3. The fourth-order valence-corrected chi connectivity index (χ4v) is 5.39. The van der Waals surface area contributed by atoms with Crippen LogP contribution in [-0.4, -0.2) is 30.9 Å². The third-order valence-electron chi connectivity index (χ3n) is 6.58. The number of anilines is 1. The minimum Gasteiger partial charge on any atom is -0.381 e. The van der Waals surface area contributed by atoms with Gasteiger partial charge in [-0.3, -0.25) is 4.79 Å². The molecular weight excluding hydrogens is 452 g/mol. The normalized spacial score (nSPS) is 21.8. The molecule has 2 saturated heterocycles. The molecule has 0 spiro atoms. The molecule has 2 aromatic carbocycles. The van der Waals surface area contributed by atoms with Gasteiger partial charge in [-0.25, -0.2) is 4.39 Å². The summed E-state index contributed by atoms with van der Waals surface area (Å²) in [6.07, 6.45) is 4.15. The number of pyridine rings is 1. The highest BCUT2D eigenvalue weighted by atomic mass is 35.5. The van der Waals surface area contributed by atoms with Gasteiger partial charge in [0.25, 0.3) is 5.56 Å². The summed E-state index contributed by atoms with van der Waals surface area (Å²) >= 11 is 12.7. The maximum Gasteiger partial charge on any atom is 0.258 e. The Morgan fingerprint density at radius 1 is 1.16 bits per heavy atom. The molecule has 0 unspecified atom stereocenters. The summed E-state index contributed by atoms with van der Waals surface area (Å²) in [4.78, 5) is 13.3. The maximum atomic E-state index is 14.9. The summed E-state index contributed by atoms with van der Waals surface area (Å²) in [5.41, 5.74) is 0.292. The number of fused-ring (bicyclic) bond motifs is 1. The van der Waals surface area contributed by atoms with Gasteiger partial charge in [0.1, 0.15) is 5.82 Å². The van der Waals surface area contributed by atoms with Crippen molar-refractivity contribution in [3.8, 4) is 0 Å². The van der Waals surface area contributed by atoms with Gasteiger partial charge in [0.05, 0.1) is 15.6 Å². The second-order valence-electron chi connectivity index (χ2n) is 8.53. The monoisotopic (exact) mass is 475 g/mol. The molecule has 0 amide bonds. The Kier molecular flexibility index (Phi) is 5.88. The van der Waals surface area contributed by atoms with Gasteiger partial charge < -0.3 is 19.9 Å². The number of halogens is 3. The van der Waals surface area contributed by atoms with Crippen LogP contribution in [0.1, 0.15) is 30.9 Å². The van der Waals surface area contributed by atoms with Crippen molar-refractivity contribution in [2.75, 3.05) is 31.6 Å². The number of nitrogens with one attached hydrogen (secondary N) is 2. The van der Waals surface area contributed by atoms with Gasteiger partial charge in [-0.2, -0.15) is 0 Å². The standard InChI is InChI=1S/C24H24Cl2FN3O2/c25-19-3-4-20(27)21(22(19)26)24(8-9-28-14-24)29-16-2-1-15-5-10-30(23(31)18(15)13-16)17-6-11-32-12-7-17/h1-5,10,13,17,28-29H,6-9,11-12,14H2/t24-/m1/s1. The van der Waals surface area contributed by atoms with Gasteiger partial charge in [0.2, 0.25) is 0 Å². The molecule has 2 N–H and O–H groups in total. The van der Waals surface area contributed by atoms with E-state index in [0.717, 1.165) is 23.9 Å². The number of hydrogen-bond donors (Lipinski definition) is 2. The number of benzene rings is 2. The van der Waals surface area contributed by atoms with Crippen LogP contribution in [0.25, 0.3) is 10.8 Å². The molecule has 1 aromatic heterocycles. The quantitative estimate of drug-likeness (QED) is 0.515. The van der Waals surface area contributed by atoms with Gasteiger partial charge in [0.15, 0.2) is 0 Å². The molecule has 3 heterocycles. The van der Waals surface area contributed by atoms with Crippen LogP contribution in [0.4, 0.5) is 10.1 Å². The Morgan fingerprint density at radius 2 is 1.97 bits per heavy atom. The first-order chi connectivity index (χ1) is 15.5. The van der Waals surface area contributed by atoms with Crippen molar-refractivity contribution in [2.24, 2.45) is 0 Å². The lowest BCUT2D eigenvalue weighted by atomic mass is 9.87. The smallest absolute Gasteiger partial charge is 0.258 e. The molecule has 0 bridgehead atoms. The molecule has 2 aliphatic rings. The molecule has 1 atom stereocenters. The van der Waals surface area contributed by atoms with Crippen molar-refractivity contribution in [2.45, 2.75) is 30.8 Å². The Labute approximate surface area is 195 Å². The maximum absolute atomic E-state index is 14.9. The van der Waals surface area contributed by atoms with Crippen LogP contribution in [-0.2, 0) is 10.3 Å². The highest BCUT2D eigenvalue weighted by Crippen LogP contribution is 2.41. The minimum absolute atomic E-state index is 0.0244. The van der Waals surface area contributed by atoms with E-state index in [2.05, 4.69) is 10.6 Å². The number of rotatable bonds is 4. The number of aromatic nitrogens is 1. The summed E-state index contributed by atoms with van der Waals surface area (Å²) in [5, 5.41) is 8.81. The van der Waals surface area contributed by atoms with Gasteiger partial charge in [0, 0.05) is 48.6 Å². The van der Waals surface area contributed by atoms with E-state index in [4.69, 9.17) is 27.9 Å². The molecule has 168 valence electrons. The van der Waals surface area contributed by atoms with Gasteiger partial charge in [-0.05, 0) is 61.5 Å². The predicted molar refractivity (Wildman–Crippen MR) is 127 cm³/mol. The third kappa shape index (κ3) is 3.79. The van der Waals surface area contributed by atoms with Crippen LogP contribution in [0, 0.1) is 5.82 Å². The molecule has 5 nitrogen and oxygen atoms in total. The highest BCUT2D eigenvalue weighted by molar-refractivity contribution is 6.42. The van der Waals surface area contributed by atoms with E-state index in [1.807, 2.05) is 35.0 Å². The summed E-state index contributed by atoms with van der Waals surface area (Å²) < 4.78 is 22.2. The second kappa shape index (κ2) is 8.67. The van der Waals surface area contributed by atoms with E-state index in [1.165, 1.54) is 12.1 Å². The Hall–Kier alpha value is -2.12. The summed E-state index contributed by atoms with van der Waals surface area (Å²) in [6.45, 7) is 2.53. The average Bonchev–Trinajstić information content (AvgIpc) is 3.27. The molecule has 2 fully saturated rings. The fraction of sp³-hybridized carbons (Fsp3) is 0.375. The Morgan fingerprint density at radius 3 is 2.72 bits per heavy atom.